The molecule has 0 aromatic carbocycles. The van der Waals surface area contributed by atoms with Gasteiger partial charge >= 0.3 is 0 Å². The van der Waals surface area contributed by atoms with Crippen LogP contribution in [-0.4, -0.2) is 13.0 Å². The van der Waals surface area contributed by atoms with Crippen LogP contribution in [0.1, 0.15) is 61.3 Å². The van der Waals surface area contributed by atoms with Gasteiger partial charge in [0.25, 0.3) is 0 Å². The van der Waals surface area contributed by atoms with Crippen LogP contribution in [0.4, 0.5) is 0 Å². The van der Waals surface area contributed by atoms with Crippen LogP contribution in [-0.2, 0) is 4.79 Å². The fourth-order valence-electron chi connectivity index (χ4n) is 2.33. The topological polar surface area (TPSA) is 69.1 Å². The second-order valence-corrected chi connectivity index (χ2v) is 6.86. The molecule has 0 spiro atoms. The molecule has 104 valence electrons. The Hall–Kier alpha value is -0.570. The number of carbonyl (C=O) groups is 1. The zero-order chi connectivity index (χ0) is 14.3. The van der Waals surface area contributed by atoms with Gasteiger partial charge in [-0.1, -0.05) is 48.5 Å². The lowest BCUT2D eigenvalue weighted by Gasteiger charge is -2.52. The van der Waals surface area contributed by atoms with Crippen molar-refractivity contribution in [3.63, 3.8) is 0 Å². The molecule has 0 fully saturated rings. The Morgan fingerprint density at radius 1 is 0.941 bits per heavy atom. The predicted molar refractivity (Wildman–Crippen MR) is 75.6 cm³/mol. The van der Waals surface area contributed by atoms with E-state index in [4.69, 9.17) is 10.5 Å². The molecule has 0 heterocycles. The van der Waals surface area contributed by atoms with Crippen molar-refractivity contribution in [1.82, 2.24) is 0 Å². The van der Waals surface area contributed by atoms with Gasteiger partial charge < -0.3 is 11.5 Å². The fraction of sp³-hybridized carbons (Fsp3) is 0.929. The quantitative estimate of drug-likeness (QED) is 0.749. The normalized spacial score (nSPS) is 12.7. The van der Waals surface area contributed by atoms with Gasteiger partial charge in [-0.3, -0.25) is 4.79 Å². The fourth-order valence-corrected chi connectivity index (χ4v) is 2.33. The molecule has 0 aliphatic rings. The highest BCUT2D eigenvalue weighted by Crippen LogP contribution is 2.53. The second kappa shape index (κ2) is 7.00. The summed E-state index contributed by atoms with van der Waals surface area (Å²) in [6.07, 6.45) is 2.60. The van der Waals surface area contributed by atoms with Crippen LogP contribution in [0, 0.1) is 16.2 Å². The molecular weight excluding hydrogens is 212 g/mol. The van der Waals surface area contributed by atoms with Gasteiger partial charge in [0.1, 0.15) is 0 Å². The number of nitrogens with two attached hydrogens (primary N) is 2. The number of rotatable bonds is 3. The average molecular weight is 244 g/mol. The molecule has 0 bridgehead atoms. The van der Waals surface area contributed by atoms with Gasteiger partial charge in [-0.25, -0.2) is 0 Å². The maximum Gasteiger partial charge on any atom is 0.204 e. The molecule has 17 heavy (non-hydrogen) atoms. The standard InChI is InChI=1S/C13H29N.CH3NO/c1-11(2,3)13(7,9-8-10-14)12(4,5)6;2-1-3/h8-10,14H2,1-7H3;1H,(H2,2,3). The van der Waals surface area contributed by atoms with E-state index in [9.17, 15) is 0 Å². The summed E-state index contributed by atoms with van der Waals surface area (Å²) >= 11 is 0. The molecule has 0 atom stereocenters. The highest BCUT2D eigenvalue weighted by Gasteiger charge is 2.45. The number of amides is 1. The molecule has 3 nitrogen and oxygen atoms in total. The van der Waals surface area contributed by atoms with E-state index in [1.807, 2.05) is 0 Å². The van der Waals surface area contributed by atoms with Crippen molar-refractivity contribution in [3.05, 3.63) is 0 Å². The van der Waals surface area contributed by atoms with Crippen molar-refractivity contribution < 1.29 is 4.79 Å². The molecule has 0 aromatic heterocycles. The molecule has 1 amide bonds. The molecule has 0 saturated carbocycles. The molecule has 0 aliphatic heterocycles. The minimum Gasteiger partial charge on any atom is -0.372 e. The van der Waals surface area contributed by atoms with E-state index >= 15 is 0 Å². The summed E-state index contributed by atoms with van der Waals surface area (Å²) < 4.78 is 0. The van der Waals surface area contributed by atoms with Crippen LogP contribution in [0.5, 0.6) is 0 Å². The average Bonchev–Trinajstić information content (AvgIpc) is 2.11. The molecule has 0 rings (SSSR count). The van der Waals surface area contributed by atoms with Crippen LogP contribution < -0.4 is 11.5 Å². The van der Waals surface area contributed by atoms with E-state index < -0.39 is 0 Å². The Bertz CT molecular complexity index is 197. The Kier molecular flexibility index (Phi) is 7.73. The maximum atomic E-state index is 8.58. The molecule has 0 aromatic rings. The summed E-state index contributed by atoms with van der Waals surface area (Å²) in [6, 6.07) is 0. The molecule has 0 unspecified atom stereocenters. The first kappa shape index (κ1) is 18.8. The second-order valence-electron chi connectivity index (χ2n) is 6.86. The molecule has 4 N–H and O–H groups in total. The molecule has 0 aliphatic carbocycles. The highest BCUT2D eigenvalue weighted by molar-refractivity contribution is 5.42. The minimum absolute atomic E-state index is 0.250. The predicted octanol–water partition coefficient (Wildman–Crippen LogP) is 2.93. The molecule has 0 radical (unpaired) electrons. The van der Waals surface area contributed by atoms with Gasteiger partial charge in [0.2, 0.25) is 6.41 Å². The summed E-state index contributed by atoms with van der Waals surface area (Å²) in [6.45, 7) is 17.3. The van der Waals surface area contributed by atoms with Crippen molar-refractivity contribution in [3.8, 4) is 0 Å². The molecule has 3 heteroatoms. The highest BCUT2D eigenvalue weighted by atomic mass is 16.1. The van der Waals surface area contributed by atoms with Crippen LogP contribution in [0.2, 0.25) is 0 Å². The molecule has 0 saturated heterocycles. The number of hydrogen-bond donors (Lipinski definition) is 2. The smallest absolute Gasteiger partial charge is 0.204 e. The summed E-state index contributed by atoms with van der Waals surface area (Å²) in [4.78, 5) is 8.58. The van der Waals surface area contributed by atoms with E-state index in [1.54, 1.807) is 0 Å². The summed E-state index contributed by atoms with van der Waals surface area (Å²) in [5.41, 5.74) is 10.8. The monoisotopic (exact) mass is 244 g/mol. The van der Waals surface area contributed by atoms with Crippen molar-refractivity contribution in [2.24, 2.45) is 27.7 Å². The Balaban J connectivity index is 0. The van der Waals surface area contributed by atoms with Gasteiger partial charge in [0.05, 0.1) is 0 Å². The van der Waals surface area contributed by atoms with Crippen LogP contribution in [0.3, 0.4) is 0 Å². The molecular formula is C14H32N2O. The van der Waals surface area contributed by atoms with E-state index in [0.29, 0.717) is 16.2 Å². The van der Waals surface area contributed by atoms with Gasteiger partial charge in [0, 0.05) is 0 Å². The SMILES string of the molecule is CC(C)(C)C(C)(CCCN)C(C)(C)C.NC=O. The zero-order valence-electron chi connectivity index (χ0n) is 12.8. The third-order valence-electron chi connectivity index (χ3n) is 4.19. The maximum absolute atomic E-state index is 8.58. The van der Waals surface area contributed by atoms with E-state index in [1.165, 1.54) is 6.42 Å². The van der Waals surface area contributed by atoms with E-state index in [-0.39, 0.29) is 6.41 Å². The van der Waals surface area contributed by atoms with Gasteiger partial charge in [-0.2, -0.15) is 0 Å². The Morgan fingerprint density at radius 3 is 1.41 bits per heavy atom. The lowest BCUT2D eigenvalue weighted by Crippen LogP contribution is -2.44. The van der Waals surface area contributed by atoms with Crippen molar-refractivity contribution in [2.75, 3.05) is 6.54 Å². The van der Waals surface area contributed by atoms with Crippen molar-refractivity contribution in [1.29, 1.82) is 0 Å². The number of carbonyl (C=O) groups excluding carboxylic acids is 1. The van der Waals surface area contributed by atoms with Crippen LogP contribution in [0.15, 0.2) is 0 Å². The van der Waals surface area contributed by atoms with Crippen molar-refractivity contribution >= 4 is 6.41 Å². The van der Waals surface area contributed by atoms with Gasteiger partial charge in [-0.05, 0) is 35.6 Å². The van der Waals surface area contributed by atoms with Gasteiger partial charge in [-0.15, -0.1) is 0 Å². The third-order valence-corrected chi connectivity index (χ3v) is 4.19. The van der Waals surface area contributed by atoms with Crippen molar-refractivity contribution in [2.45, 2.75) is 61.3 Å². The van der Waals surface area contributed by atoms with Crippen LogP contribution in [0.25, 0.3) is 0 Å². The first-order valence-corrected chi connectivity index (χ1v) is 6.33. The summed E-state index contributed by atoms with van der Waals surface area (Å²) in [5.74, 6) is 0. The van der Waals surface area contributed by atoms with Gasteiger partial charge in [0.15, 0.2) is 0 Å². The first-order valence-electron chi connectivity index (χ1n) is 6.33. The Morgan fingerprint density at radius 2 is 1.24 bits per heavy atom. The number of primary amides is 1. The van der Waals surface area contributed by atoms with E-state index in [2.05, 4.69) is 54.2 Å². The summed E-state index contributed by atoms with van der Waals surface area (Å²) in [5, 5.41) is 0. The first-order chi connectivity index (χ1) is 7.47. The Labute approximate surface area is 107 Å². The third kappa shape index (κ3) is 5.53. The zero-order valence-corrected chi connectivity index (χ0v) is 12.8. The largest absolute Gasteiger partial charge is 0.372 e. The summed E-state index contributed by atoms with van der Waals surface area (Å²) in [7, 11) is 0. The minimum atomic E-state index is 0.250. The lowest BCUT2D eigenvalue weighted by atomic mass is 9.53. The number of hydrogen-bond acceptors (Lipinski definition) is 2. The lowest BCUT2D eigenvalue weighted by molar-refractivity contribution is -0.106. The van der Waals surface area contributed by atoms with Crippen LogP contribution >= 0.6 is 0 Å². The van der Waals surface area contributed by atoms with E-state index in [0.717, 1.165) is 13.0 Å².